The summed E-state index contributed by atoms with van der Waals surface area (Å²) in [5.41, 5.74) is 1.20. The summed E-state index contributed by atoms with van der Waals surface area (Å²) in [7, 11) is -3.36. The van der Waals surface area contributed by atoms with Crippen LogP contribution < -0.4 is 0 Å². The number of amides is 1. The van der Waals surface area contributed by atoms with Crippen molar-refractivity contribution in [2.75, 3.05) is 6.26 Å². The number of carbonyl (C=O) groups excluding carboxylic acids is 1. The summed E-state index contributed by atoms with van der Waals surface area (Å²) in [5.74, 6) is 0.580. The zero-order chi connectivity index (χ0) is 17.5. The van der Waals surface area contributed by atoms with Crippen molar-refractivity contribution in [1.29, 1.82) is 0 Å². The summed E-state index contributed by atoms with van der Waals surface area (Å²) >= 11 is 0. The molecular weight excluding hydrogens is 326 g/mol. The van der Waals surface area contributed by atoms with E-state index in [0.29, 0.717) is 5.56 Å². The second-order valence-corrected chi connectivity index (χ2v) is 8.40. The molecular formula is C18H21NO4S. The Hall–Kier alpha value is -2.08. The molecule has 1 fully saturated rings. The fourth-order valence-corrected chi connectivity index (χ4v) is 3.53. The number of furan rings is 1. The molecule has 5 nitrogen and oxygen atoms in total. The van der Waals surface area contributed by atoms with Gasteiger partial charge in [0, 0.05) is 17.9 Å². The maximum absolute atomic E-state index is 13.2. The van der Waals surface area contributed by atoms with E-state index in [1.54, 1.807) is 24.5 Å². The third-order valence-electron chi connectivity index (χ3n) is 4.41. The maximum Gasteiger partial charge on any atom is 0.255 e. The molecule has 1 aromatic carbocycles. The van der Waals surface area contributed by atoms with Crippen LogP contribution in [-0.4, -0.2) is 31.5 Å². The van der Waals surface area contributed by atoms with Crippen molar-refractivity contribution >= 4 is 15.7 Å². The Balaban J connectivity index is 1.99. The van der Waals surface area contributed by atoms with Gasteiger partial charge in [-0.3, -0.25) is 4.79 Å². The third-order valence-corrected chi connectivity index (χ3v) is 5.52. The highest BCUT2D eigenvalue weighted by Gasteiger charge is 2.38. The summed E-state index contributed by atoms with van der Waals surface area (Å²) in [5, 5.41) is 0. The summed E-state index contributed by atoms with van der Waals surface area (Å²) in [6, 6.07) is 8.35. The minimum Gasteiger partial charge on any atom is -0.467 e. The monoisotopic (exact) mass is 347 g/mol. The van der Waals surface area contributed by atoms with Gasteiger partial charge >= 0.3 is 0 Å². The van der Waals surface area contributed by atoms with Crippen molar-refractivity contribution in [3.63, 3.8) is 0 Å². The number of carbonyl (C=O) groups is 1. The molecule has 1 heterocycles. The summed E-state index contributed by atoms with van der Waals surface area (Å²) < 4.78 is 29.1. The fourth-order valence-electron chi connectivity index (χ4n) is 2.88. The van der Waals surface area contributed by atoms with Crippen LogP contribution in [0.5, 0.6) is 0 Å². The van der Waals surface area contributed by atoms with E-state index in [2.05, 4.69) is 0 Å². The minimum absolute atomic E-state index is 0.149. The van der Waals surface area contributed by atoms with Crippen LogP contribution in [0.4, 0.5) is 0 Å². The van der Waals surface area contributed by atoms with Crippen molar-refractivity contribution in [1.82, 2.24) is 4.90 Å². The number of benzene rings is 1. The van der Waals surface area contributed by atoms with Gasteiger partial charge in [0.1, 0.15) is 5.76 Å². The lowest BCUT2D eigenvalue weighted by molar-refractivity contribution is 0.0651. The van der Waals surface area contributed by atoms with Crippen LogP contribution >= 0.6 is 0 Å². The second-order valence-electron chi connectivity index (χ2n) is 6.38. The molecule has 128 valence electrons. The van der Waals surface area contributed by atoms with Gasteiger partial charge in [0.05, 0.1) is 17.2 Å². The Kier molecular flexibility index (Phi) is 4.25. The Morgan fingerprint density at radius 1 is 1.29 bits per heavy atom. The van der Waals surface area contributed by atoms with Gasteiger partial charge in [-0.1, -0.05) is 6.07 Å². The number of sulfone groups is 1. The predicted octanol–water partition coefficient (Wildman–Crippen LogP) is 3.36. The molecule has 1 aliphatic carbocycles. The smallest absolute Gasteiger partial charge is 0.255 e. The van der Waals surface area contributed by atoms with E-state index in [0.717, 1.165) is 30.4 Å². The first-order chi connectivity index (χ1) is 11.3. The molecule has 0 aliphatic heterocycles. The minimum atomic E-state index is -3.36. The van der Waals surface area contributed by atoms with Crippen molar-refractivity contribution in [3.05, 3.63) is 53.5 Å². The summed E-state index contributed by atoms with van der Waals surface area (Å²) in [6.45, 7) is 3.76. The molecule has 2 aromatic rings. The molecule has 0 spiro atoms. The normalized spacial score (nSPS) is 16.0. The number of aryl methyl sites for hydroxylation is 1. The third kappa shape index (κ3) is 3.24. The Morgan fingerprint density at radius 3 is 2.54 bits per heavy atom. The number of rotatable bonds is 5. The van der Waals surface area contributed by atoms with Crippen LogP contribution in [0.25, 0.3) is 0 Å². The molecule has 0 radical (unpaired) electrons. The molecule has 1 amide bonds. The molecule has 0 N–H and O–H groups in total. The fraction of sp³-hybridized carbons (Fsp3) is 0.389. The van der Waals surface area contributed by atoms with Crippen LogP contribution in [0, 0.1) is 6.92 Å². The SMILES string of the molecule is Cc1ccc(S(C)(=O)=O)cc1C(=O)N(C1CC1)[C@H](C)c1ccco1. The molecule has 1 aliphatic rings. The Morgan fingerprint density at radius 2 is 2.00 bits per heavy atom. The molecule has 0 bridgehead atoms. The summed E-state index contributed by atoms with van der Waals surface area (Å²) in [6.07, 6.45) is 4.66. The summed E-state index contributed by atoms with van der Waals surface area (Å²) in [4.78, 5) is 15.1. The lowest BCUT2D eigenvalue weighted by Crippen LogP contribution is -2.36. The highest BCUT2D eigenvalue weighted by Crippen LogP contribution is 2.36. The first-order valence-corrected chi connectivity index (χ1v) is 9.85. The number of hydrogen-bond donors (Lipinski definition) is 0. The second kappa shape index (κ2) is 6.09. The Bertz CT molecular complexity index is 851. The molecule has 24 heavy (non-hydrogen) atoms. The molecule has 6 heteroatoms. The quantitative estimate of drug-likeness (QED) is 0.832. The molecule has 1 atom stereocenters. The zero-order valence-corrected chi connectivity index (χ0v) is 14.8. The standard InChI is InChI=1S/C18H21NO4S/c1-12-6-9-15(24(3,21)22)11-16(12)18(20)19(14-7-8-14)13(2)17-5-4-10-23-17/h4-6,9-11,13-14H,7-8H2,1-3H3/t13-/m1/s1. The van der Waals surface area contributed by atoms with Gasteiger partial charge in [-0.05, 0) is 56.5 Å². The topological polar surface area (TPSA) is 67.6 Å². The molecule has 3 rings (SSSR count). The van der Waals surface area contributed by atoms with Gasteiger partial charge in [-0.25, -0.2) is 8.42 Å². The highest BCUT2D eigenvalue weighted by atomic mass is 32.2. The van der Waals surface area contributed by atoms with Crippen molar-refractivity contribution in [3.8, 4) is 0 Å². The van der Waals surface area contributed by atoms with E-state index in [-0.39, 0.29) is 22.9 Å². The van der Waals surface area contributed by atoms with Crippen LogP contribution in [0.1, 0.15) is 47.5 Å². The van der Waals surface area contributed by atoms with E-state index in [1.807, 2.05) is 24.8 Å². The first kappa shape index (κ1) is 16.8. The molecule has 0 saturated heterocycles. The van der Waals surface area contributed by atoms with Gasteiger partial charge in [-0.2, -0.15) is 0 Å². The van der Waals surface area contributed by atoms with E-state index in [4.69, 9.17) is 4.42 Å². The average molecular weight is 347 g/mol. The first-order valence-electron chi connectivity index (χ1n) is 7.96. The van der Waals surface area contributed by atoms with Crippen molar-refractivity contribution in [2.24, 2.45) is 0 Å². The Labute approximate surface area is 142 Å². The number of hydrogen-bond acceptors (Lipinski definition) is 4. The maximum atomic E-state index is 13.2. The highest BCUT2D eigenvalue weighted by molar-refractivity contribution is 7.90. The number of nitrogens with zero attached hydrogens (tertiary/aromatic N) is 1. The molecule has 0 unspecified atom stereocenters. The predicted molar refractivity (Wildman–Crippen MR) is 90.6 cm³/mol. The van der Waals surface area contributed by atoms with Crippen LogP contribution in [0.15, 0.2) is 45.9 Å². The lowest BCUT2D eigenvalue weighted by atomic mass is 10.1. The van der Waals surface area contributed by atoms with Crippen LogP contribution in [0.3, 0.4) is 0 Å². The van der Waals surface area contributed by atoms with Gasteiger partial charge in [-0.15, -0.1) is 0 Å². The van der Waals surface area contributed by atoms with E-state index < -0.39 is 9.84 Å². The van der Waals surface area contributed by atoms with Gasteiger partial charge in [0.2, 0.25) is 0 Å². The average Bonchev–Trinajstić information content (AvgIpc) is 3.18. The van der Waals surface area contributed by atoms with Crippen LogP contribution in [-0.2, 0) is 9.84 Å². The van der Waals surface area contributed by atoms with Gasteiger partial charge in [0.15, 0.2) is 9.84 Å². The van der Waals surface area contributed by atoms with E-state index in [1.165, 1.54) is 6.07 Å². The van der Waals surface area contributed by atoms with Crippen molar-refractivity contribution in [2.45, 2.75) is 43.7 Å². The largest absolute Gasteiger partial charge is 0.467 e. The van der Waals surface area contributed by atoms with E-state index >= 15 is 0 Å². The van der Waals surface area contributed by atoms with E-state index in [9.17, 15) is 13.2 Å². The lowest BCUT2D eigenvalue weighted by Gasteiger charge is -2.29. The molecule has 1 aromatic heterocycles. The zero-order valence-electron chi connectivity index (χ0n) is 14.0. The van der Waals surface area contributed by atoms with Crippen molar-refractivity contribution < 1.29 is 17.6 Å². The van der Waals surface area contributed by atoms with Gasteiger partial charge in [0.25, 0.3) is 5.91 Å². The van der Waals surface area contributed by atoms with Crippen LogP contribution in [0.2, 0.25) is 0 Å². The molecule has 1 saturated carbocycles. The van der Waals surface area contributed by atoms with Gasteiger partial charge < -0.3 is 9.32 Å².